The van der Waals surface area contributed by atoms with Gasteiger partial charge in [-0.1, -0.05) is 48.5 Å². The van der Waals surface area contributed by atoms with E-state index < -0.39 is 16.8 Å². The molecule has 0 fully saturated rings. The van der Waals surface area contributed by atoms with Gasteiger partial charge in [-0.2, -0.15) is 5.26 Å². The average Bonchev–Trinajstić information content (AvgIpc) is 2.67. The maximum Gasteiger partial charge on any atom is 0.269 e. The van der Waals surface area contributed by atoms with Gasteiger partial charge in [-0.15, -0.1) is 0 Å². The first-order chi connectivity index (χ1) is 12.6. The number of non-ortho nitro benzene ring substituents is 1. The third-order valence-corrected chi connectivity index (χ3v) is 4.68. The molecule has 6 heteroatoms. The highest BCUT2D eigenvalue weighted by Gasteiger charge is 2.37. The van der Waals surface area contributed by atoms with Gasteiger partial charge in [-0.25, -0.2) is 0 Å². The Labute approximate surface area is 148 Å². The van der Waals surface area contributed by atoms with Gasteiger partial charge in [-0.3, -0.25) is 15.5 Å². The van der Waals surface area contributed by atoms with Crippen LogP contribution in [0.2, 0.25) is 0 Å². The largest absolute Gasteiger partial charge is 0.441 e. The smallest absolute Gasteiger partial charge is 0.269 e. The lowest BCUT2D eigenvalue weighted by Gasteiger charge is -2.31. The van der Waals surface area contributed by atoms with E-state index in [0.29, 0.717) is 5.75 Å². The van der Waals surface area contributed by atoms with E-state index in [2.05, 4.69) is 6.07 Å². The van der Waals surface area contributed by atoms with Crippen LogP contribution in [0, 0.1) is 32.8 Å². The first kappa shape index (κ1) is 15.8. The predicted molar refractivity (Wildman–Crippen MR) is 96.3 cm³/mol. The number of nitrogens with zero attached hydrogens (tertiary/aromatic N) is 2. The van der Waals surface area contributed by atoms with Crippen molar-refractivity contribution in [1.29, 1.82) is 10.7 Å². The van der Waals surface area contributed by atoms with E-state index in [1.165, 1.54) is 12.1 Å². The highest BCUT2D eigenvalue weighted by molar-refractivity contribution is 5.95. The van der Waals surface area contributed by atoms with Gasteiger partial charge in [0.15, 0.2) is 0 Å². The van der Waals surface area contributed by atoms with Gasteiger partial charge in [0.05, 0.1) is 11.0 Å². The Balaban J connectivity index is 1.93. The average molecular weight is 343 g/mol. The summed E-state index contributed by atoms with van der Waals surface area (Å²) in [5, 5.41) is 30.5. The summed E-state index contributed by atoms with van der Waals surface area (Å²) in [6.07, 6.45) is 0. The van der Waals surface area contributed by atoms with E-state index in [1.807, 2.05) is 36.4 Å². The molecular weight excluding hydrogens is 330 g/mol. The van der Waals surface area contributed by atoms with Crippen LogP contribution < -0.4 is 4.74 Å². The number of nitriles is 1. The topological polar surface area (TPSA) is 100 Å². The van der Waals surface area contributed by atoms with Crippen LogP contribution in [0.3, 0.4) is 0 Å². The molecule has 1 heterocycles. The Morgan fingerprint density at radius 3 is 2.50 bits per heavy atom. The molecule has 6 nitrogen and oxygen atoms in total. The molecule has 126 valence electrons. The fourth-order valence-electron chi connectivity index (χ4n) is 3.43. The zero-order valence-electron chi connectivity index (χ0n) is 13.5. The minimum Gasteiger partial charge on any atom is -0.441 e. The molecule has 1 aliphatic rings. The molecule has 0 spiro atoms. The molecule has 26 heavy (non-hydrogen) atoms. The Hall–Kier alpha value is -3.72. The number of nitrogens with one attached hydrogen (secondary N) is 1. The van der Waals surface area contributed by atoms with E-state index in [1.54, 1.807) is 12.1 Å². The lowest BCUT2D eigenvalue weighted by atomic mass is 9.78. The molecule has 2 atom stereocenters. The molecule has 0 aliphatic carbocycles. The maximum absolute atomic E-state index is 10.9. The normalized spacial score (nSPS) is 18.7. The molecule has 1 N–H and O–H groups in total. The summed E-state index contributed by atoms with van der Waals surface area (Å²) in [6.45, 7) is 0. The summed E-state index contributed by atoms with van der Waals surface area (Å²) < 4.78 is 5.71. The van der Waals surface area contributed by atoms with Crippen LogP contribution in [-0.2, 0) is 0 Å². The monoisotopic (exact) mass is 343 g/mol. The Bertz CT molecular complexity index is 1080. The molecule has 0 saturated carbocycles. The first-order valence-electron chi connectivity index (χ1n) is 8.02. The zero-order valence-corrected chi connectivity index (χ0v) is 13.5. The van der Waals surface area contributed by atoms with E-state index >= 15 is 0 Å². The molecule has 1 aliphatic heterocycles. The molecule has 3 aromatic rings. The molecule has 4 rings (SSSR count). The molecule has 3 aromatic carbocycles. The fourth-order valence-corrected chi connectivity index (χ4v) is 3.43. The Morgan fingerprint density at radius 1 is 1.08 bits per heavy atom. The Kier molecular flexibility index (Phi) is 3.63. The van der Waals surface area contributed by atoms with Gasteiger partial charge in [0, 0.05) is 29.0 Å². The van der Waals surface area contributed by atoms with Gasteiger partial charge in [0.1, 0.15) is 11.7 Å². The van der Waals surface area contributed by atoms with Crippen LogP contribution in [0.5, 0.6) is 5.75 Å². The minimum atomic E-state index is -0.787. The van der Waals surface area contributed by atoms with Gasteiger partial charge in [0.25, 0.3) is 5.69 Å². The number of benzene rings is 3. The molecule has 0 saturated heterocycles. The third-order valence-electron chi connectivity index (χ3n) is 4.68. The molecular formula is C20H13N3O3. The second kappa shape index (κ2) is 5.97. The molecule has 2 unspecified atom stereocenters. The number of nitro benzene ring substituents is 1. The maximum atomic E-state index is 10.9. The Morgan fingerprint density at radius 2 is 1.81 bits per heavy atom. The van der Waals surface area contributed by atoms with Gasteiger partial charge < -0.3 is 4.74 Å². The highest BCUT2D eigenvalue weighted by Crippen LogP contribution is 2.45. The predicted octanol–water partition coefficient (Wildman–Crippen LogP) is 4.39. The van der Waals surface area contributed by atoms with Crippen molar-refractivity contribution in [1.82, 2.24) is 0 Å². The SMILES string of the molecule is N#CC1C(=N)Oc2c(ccc3ccccc23)C1c1ccc([N+](=O)[O-])cc1. The van der Waals surface area contributed by atoms with E-state index in [4.69, 9.17) is 10.1 Å². The summed E-state index contributed by atoms with van der Waals surface area (Å²) in [5.41, 5.74) is 1.54. The summed E-state index contributed by atoms with van der Waals surface area (Å²) in [5.74, 6) is -0.741. The number of hydrogen-bond donors (Lipinski definition) is 1. The van der Waals surface area contributed by atoms with Crippen molar-refractivity contribution in [2.45, 2.75) is 5.92 Å². The molecule has 0 radical (unpaired) electrons. The van der Waals surface area contributed by atoms with Gasteiger partial charge in [-0.05, 0) is 10.9 Å². The van der Waals surface area contributed by atoms with E-state index in [9.17, 15) is 15.4 Å². The van der Waals surface area contributed by atoms with Crippen molar-refractivity contribution in [3.8, 4) is 11.8 Å². The van der Waals surface area contributed by atoms with Crippen LogP contribution >= 0.6 is 0 Å². The van der Waals surface area contributed by atoms with Gasteiger partial charge in [0.2, 0.25) is 5.90 Å². The zero-order chi connectivity index (χ0) is 18.3. The second-order valence-electron chi connectivity index (χ2n) is 6.10. The van der Waals surface area contributed by atoms with Crippen LogP contribution in [0.25, 0.3) is 10.8 Å². The van der Waals surface area contributed by atoms with Crippen LogP contribution in [-0.4, -0.2) is 10.8 Å². The van der Waals surface area contributed by atoms with Crippen molar-refractivity contribution in [3.05, 3.63) is 81.9 Å². The number of hydrogen-bond acceptors (Lipinski definition) is 5. The molecule has 0 aromatic heterocycles. The van der Waals surface area contributed by atoms with Crippen LogP contribution in [0.4, 0.5) is 5.69 Å². The quantitative estimate of drug-likeness (QED) is 0.551. The number of fused-ring (bicyclic) bond motifs is 3. The van der Waals surface area contributed by atoms with E-state index in [-0.39, 0.29) is 11.6 Å². The van der Waals surface area contributed by atoms with E-state index in [0.717, 1.165) is 21.9 Å². The summed E-state index contributed by atoms with van der Waals surface area (Å²) in [6, 6.07) is 19.8. The summed E-state index contributed by atoms with van der Waals surface area (Å²) in [4.78, 5) is 10.4. The summed E-state index contributed by atoms with van der Waals surface area (Å²) >= 11 is 0. The second-order valence-corrected chi connectivity index (χ2v) is 6.10. The molecule has 0 bridgehead atoms. The summed E-state index contributed by atoms with van der Waals surface area (Å²) in [7, 11) is 0. The van der Waals surface area contributed by atoms with Crippen molar-refractivity contribution in [2.24, 2.45) is 5.92 Å². The van der Waals surface area contributed by atoms with Crippen LogP contribution in [0.15, 0.2) is 60.7 Å². The number of ether oxygens (including phenoxy) is 1. The minimum absolute atomic E-state index is 0.0110. The van der Waals surface area contributed by atoms with Crippen LogP contribution in [0.1, 0.15) is 17.0 Å². The lowest BCUT2D eigenvalue weighted by molar-refractivity contribution is -0.384. The number of nitro groups is 1. The highest BCUT2D eigenvalue weighted by atomic mass is 16.6. The fraction of sp³-hybridized carbons (Fsp3) is 0.100. The van der Waals surface area contributed by atoms with Crippen molar-refractivity contribution >= 4 is 22.4 Å². The number of rotatable bonds is 2. The van der Waals surface area contributed by atoms with Crippen molar-refractivity contribution < 1.29 is 9.66 Å². The van der Waals surface area contributed by atoms with Crippen molar-refractivity contribution in [2.75, 3.05) is 0 Å². The standard InChI is InChI=1S/C20H13N3O3/c21-11-17-18(13-5-8-14(9-6-13)23(24)25)16-10-7-12-3-1-2-4-15(12)19(16)26-20(17)22/h1-10,17-18,22H. The lowest BCUT2D eigenvalue weighted by Crippen LogP contribution is -2.31. The van der Waals surface area contributed by atoms with Crippen molar-refractivity contribution in [3.63, 3.8) is 0 Å². The van der Waals surface area contributed by atoms with Gasteiger partial charge >= 0.3 is 0 Å². The first-order valence-corrected chi connectivity index (χ1v) is 8.02. The third kappa shape index (κ3) is 2.38. The molecule has 0 amide bonds.